The molecule has 0 aliphatic carbocycles. The number of carbonyl (C=O) groups is 1. The minimum atomic E-state index is -1.86. The Balaban J connectivity index is 1.80. The van der Waals surface area contributed by atoms with Crippen LogP contribution in [0.3, 0.4) is 0 Å². The monoisotopic (exact) mass is 657 g/mol. The Kier molecular flexibility index (Phi) is 15.7. The Morgan fingerprint density at radius 3 is 1.73 bits per heavy atom. The number of aliphatic hydroxyl groups is 9. The summed E-state index contributed by atoms with van der Waals surface area (Å²) in [6, 6.07) is -1.43. The van der Waals surface area contributed by atoms with Gasteiger partial charge in [-0.1, -0.05) is 39.0 Å². The maximum absolute atomic E-state index is 11.9. The highest BCUT2D eigenvalue weighted by molar-refractivity contribution is 5.73. The molecule has 1 amide bonds. The van der Waals surface area contributed by atoms with Crippen LogP contribution in [0.15, 0.2) is 0 Å². The lowest BCUT2D eigenvalue weighted by Crippen LogP contribution is -2.68. The second-order valence-corrected chi connectivity index (χ2v) is 11.7. The van der Waals surface area contributed by atoms with Crippen molar-refractivity contribution < 1.29 is 79.2 Å². The van der Waals surface area contributed by atoms with Gasteiger partial charge in [0.1, 0.15) is 73.2 Å². The number of carbonyl (C=O) groups excluding carboxylic acids is 1. The molecule has 0 aromatic rings. The summed E-state index contributed by atoms with van der Waals surface area (Å²) >= 11 is 0. The molecule has 17 heteroatoms. The molecular weight excluding hydrogens is 606 g/mol. The van der Waals surface area contributed by atoms with Gasteiger partial charge >= 0.3 is 0 Å². The first-order valence-electron chi connectivity index (χ1n) is 15.6. The number of hydrogen-bond acceptors (Lipinski definition) is 16. The number of hydrogen-bond donors (Lipinski definition) is 10. The molecule has 264 valence electrons. The van der Waals surface area contributed by atoms with Gasteiger partial charge < -0.3 is 79.7 Å². The van der Waals surface area contributed by atoms with E-state index in [2.05, 4.69) is 12.2 Å². The molecule has 0 aromatic heterocycles. The van der Waals surface area contributed by atoms with Gasteiger partial charge in [0, 0.05) is 13.5 Å². The van der Waals surface area contributed by atoms with Gasteiger partial charge in [-0.25, -0.2) is 0 Å². The molecule has 3 heterocycles. The van der Waals surface area contributed by atoms with Crippen molar-refractivity contribution in [1.82, 2.24) is 5.32 Å². The Hall–Kier alpha value is -1.13. The predicted molar refractivity (Wildman–Crippen MR) is 150 cm³/mol. The summed E-state index contributed by atoms with van der Waals surface area (Å²) in [5.74, 6) is -0.644. The molecule has 3 rings (SSSR count). The summed E-state index contributed by atoms with van der Waals surface area (Å²) in [5, 5.41) is 96.2. The molecule has 0 spiro atoms. The van der Waals surface area contributed by atoms with Crippen LogP contribution in [-0.4, -0.2) is 170 Å². The van der Waals surface area contributed by atoms with Crippen LogP contribution in [0.4, 0.5) is 0 Å². The summed E-state index contributed by atoms with van der Waals surface area (Å²) in [6.07, 6.45) is -16.4. The smallest absolute Gasteiger partial charge is 0.217 e. The third-order valence-corrected chi connectivity index (χ3v) is 8.26. The summed E-state index contributed by atoms with van der Waals surface area (Å²) in [7, 11) is 0. The van der Waals surface area contributed by atoms with Crippen LogP contribution in [0.25, 0.3) is 0 Å². The van der Waals surface area contributed by atoms with Crippen molar-refractivity contribution >= 4 is 5.91 Å². The van der Waals surface area contributed by atoms with Crippen molar-refractivity contribution in [2.24, 2.45) is 0 Å². The minimum absolute atomic E-state index is 0.210. The van der Waals surface area contributed by atoms with Gasteiger partial charge in [0.2, 0.25) is 5.91 Å². The molecule has 0 radical (unpaired) electrons. The molecular formula is C28H51NO16. The topological polar surface area (TPSA) is 267 Å². The molecule has 45 heavy (non-hydrogen) atoms. The first-order valence-corrected chi connectivity index (χ1v) is 15.6. The molecule has 17 nitrogen and oxygen atoms in total. The molecule has 3 saturated heterocycles. The van der Waals surface area contributed by atoms with Crippen molar-refractivity contribution in [2.45, 2.75) is 144 Å². The zero-order valence-electron chi connectivity index (χ0n) is 25.6. The fourth-order valence-electron chi connectivity index (χ4n) is 5.64. The molecule has 3 aliphatic rings. The van der Waals surface area contributed by atoms with Gasteiger partial charge in [-0.3, -0.25) is 4.79 Å². The minimum Gasteiger partial charge on any atom is -0.394 e. The molecule has 15 atom stereocenters. The van der Waals surface area contributed by atoms with Crippen LogP contribution in [0.2, 0.25) is 0 Å². The molecule has 3 aliphatic heterocycles. The number of aliphatic hydroxyl groups excluding tert-OH is 9. The Morgan fingerprint density at radius 1 is 0.622 bits per heavy atom. The maximum Gasteiger partial charge on any atom is 0.217 e. The lowest BCUT2D eigenvalue weighted by Gasteiger charge is -2.49. The zero-order chi connectivity index (χ0) is 33.3. The fourth-order valence-corrected chi connectivity index (χ4v) is 5.64. The van der Waals surface area contributed by atoms with Crippen molar-refractivity contribution in [3.63, 3.8) is 0 Å². The van der Waals surface area contributed by atoms with E-state index in [1.807, 2.05) is 0 Å². The maximum atomic E-state index is 11.9. The van der Waals surface area contributed by atoms with Crippen molar-refractivity contribution in [2.75, 3.05) is 26.4 Å². The van der Waals surface area contributed by atoms with Crippen molar-refractivity contribution in [1.29, 1.82) is 0 Å². The molecule has 0 unspecified atom stereocenters. The van der Waals surface area contributed by atoms with Crippen LogP contribution in [0, 0.1) is 0 Å². The van der Waals surface area contributed by atoms with E-state index >= 15 is 0 Å². The second-order valence-electron chi connectivity index (χ2n) is 11.7. The molecule has 0 aromatic carbocycles. The first kappa shape index (κ1) is 38.3. The van der Waals surface area contributed by atoms with Crippen molar-refractivity contribution in [3.05, 3.63) is 0 Å². The van der Waals surface area contributed by atoms with E-state index < -0.39 is 118 Å². The predicted octanol–water partition coefficient (Wildman–Crippen LogP) is -4.04. The molecule has 3 fully saturated rings. The quantitative estimate of drug-likeness (QED) is 0.0708. The Morgan fingerprint density at radius 2 is 1.13 bits per heavy atom. The average molecular weight is 658 g/mol. The van der Waals surface area contributed by atoms with E-state index in [9.17, 15) is 50.8 Å². The van der Waals surface area contributed by atoms with E-state index in [1.54, 1.807) is 0 Å². The van der Waals surface area contributed by atoms with E-state index in [4.69, 9.17) is 28.4 Å². The van der Waals surface area contributed by atoms with Crippen molar-refractivity contribution in [3.8, 4) is 0 Å². The van der Waals surface area contributed by atoms with Gasteiger partial charge in [0.25, 0.3) is 0 Å². The van der Waals surface area contributed by atoms with Gasteiger partial charge in [0.15, 0.2) is 18.9 Å². The van der Waals surface area contributed by atoms with E-state index in [1.165, 1.54) is 0 Å². The number of nitrogens with one attached hydrogen (secondary N) is 1. The second kappa shape index (κ2) is 18.4. The summed E-state index contributed by atoms with van der Waals surface area (Å²) in [6.45, 7) is 1.25. The van der Waals surface area contributed by atoms with Gasteiger partial charge in [-0.05, 0) is 6.42 Å². The summed E-state index contributed by atoms with van der Waals surface area (Å²) in [5.41, 5.74) is 0. The lowest BCUT2D eigenvalue weighted by atomic mass is 9.95. The van der Waals surface area contributed by atoms with Gasteiger partial charge in [0.05, 0.1) is 19.8 Å². The van der Waals surface area contributed by atoms with Crippen LogP contribution < -0.4 is 5.32 Å². The van der Waals surface area contributed by atoms with Gasteiger partial charge in [-0.15, -0.1) is 0 Å². The Bertz CT molecular complexity index is 872. The number of ether oxygens (including phenoxy) is 6. The largest absolute Gasteiger partial charge is 0.394 e. The Labute approximate surface area is 261 Å². The van der Waals surface area contributed by atoms with E-state index in [-0.39, 0.29) is 6.61 Å². The van der Waals surface area contributed by atoms with E-state index in [0.717, 1.165) is 39.0 Å². The molecule has 0 bridgehead atoms. The third-order valence-electron chi connectivity index (χ3n) is 8.26. The molecule has 0 saturated carbocycles. The number of rotatable bonds is 16. The standard InChI is InChI=1S/C28H51NO16/c1-3-4-5-6-7-8-9-40-27-23(39)24(20(36)16(12-32)42-27)44-28-25(22(38)19(35)15(11-31)43-28)45-26-17(29-13(2)33)21(37)18(34)14(10-30)41-26/h14-28,30-32,34-39H,3-12H2,1-2H3,(H,29,33)/t14-,15-,16-,17-,18-,19-,20-,21-,22+,23+,24+,25+,26+,27-,28-/m1/s1. The highest BCUT2D eigenvalue weighted by Crippen LogP contribution is 2.33. The lowest BCUT2D eigenvalue weighted by molar-refractivity contribution is -0.382. The van der Waals surface area contributed by atoms with Gasteiger partial charge in [-0.2, -0.15) is 0 Å². The highest BCUT2D eigenvalue weighted by Gasteiger charge is 2.54. The fraction of sp³-hybridized carbons (Fsp3) is 0.964. The highest BCUT2D eigenvalue weighted by atomic mass is 16.8. The van der Waals surface area contributed by atoms with E-state index in [0.29, 0.717) is 6.42 Å². The number of amides is 1. The van der Waals surface area contributed by atoms with Crippen LogP contribution in [0.5, 0.6) is 0 Å². The number of unbranched alkanes of at least 4 members (excludes halogenated alkanes) is 5. The zero-order valence-corrected chi connectivity index (χ0v) is 25.6. The van der Waals surface area contributed by atoms with Crippen LogP contribution >= 0.6 is 0 Å². The summed E-state index contributed by atoms with van der Waals surface area (Å²) in [4.78, 5) is 11.9. The SMILES string of the molecule is CCCCCCCCO[C@@H]1O[C@H](CO)[C@@H](O)[C@H](O[C@H]2O[C@H](CO)[C@@H](O)[C@H](O)[C@@H]2O[C@@H]2O[C@H](CO)[C@@H](O)[C@H](O)[C@H]2NC(C)=O)[C@@H]1O. The van der Waals surface area contributed by atoms with Crippen LogP contribution in [-0.2, 0) is 33.2 Å². The van der Waals surface area contributed by atoms with Crippen LogP contribution in [0.1, 0.15) is 52.4 Å². The molecule has 10 N–H and O–H groups in total. The summed E-state index contributed by atoms with van der Waals surface area (Å²) < 4.78 is 34.3. The first-order chi connectivity index (χ1) is 21.5. The average Bonchev–Trinajstić information content (AvgIpc) is 3.02. The third kappa shape index (κ3) is 9.71. The normalized spacial score (nSPS) is 42.4.